The lowest BCUT2D eigenvalue weighted by molar-refractivity contribution is 0.357. The molecule has 0 unspecified atom stereocenters. The Labute approximate surface area is 66.8 Å². The average molecular weight is 229 g/mol. The Bertz CT molecular complexity index is 185. The van der Waals surface area contributed by atoms with Gasteiger partial charge in [-0.15, -0.1) is 0 Å². The molecule has 0 radical (unpaired) electrons. The molecule has 0 aromatic carbocycles. The SMILES string of the molecule is N#CCN(Br)CP(=O)(O)O. The van der Waals surface area contributed by atoms with E-state index in [1.807, 2.05) is 0 Å². The van der Waals surface area contributed by atoms with Crippen molar-refractivity contribution in [2.75, 3.05) is 12.8 Å². The number of nitriles is 1. The van der Waals surface area contributed by atoms with Gasteiger partial charge in [0, 0.05) is 16.1 Å². The third-order valence-electron chi connectivity index (χ3n) is 0.580. The highest BCUT2D eigenvalue weighted by Gasteiger charge is 2.16. The third-order valence-corrected chi connectivity index (χ3v) is 2.18. The summed E-state index contributed by atoms with van der Waals surface area (Å²) in [6, 6.07) is 1.73. The minimum absolute atomic E-state index is 0.0505. The second-order valence-electron chi connectivity index (χ2n) is 1.58. The molecule has 0 aliphatic heterocycles. The highest BCUT2D eigenvalue weighted by atomic mass is 79.9. The molecule has 0 amide bonds. The number of rotatable bonds is 3. The van der Waals surface area contributed by atoms with E-state index in [4.69, 9.17) is 15.0 Å². The zero-order valence-electron chi connectivity index (χ0n) is 4.94. The lowest BCUT2D eigenvalue weighted by Gasteiger charge is -2.09. The lowest BCUT2D eigenvalue weighted by atomic mass is 10.7. The van der Waals surface area contributed by atoms with Crippen LogP contribution < -0.4 is 0 Å². The van der Waals surface area contributed by atoms with Crippen LogP contribution in [0.1, 0.15) is 0 Å². The Morgan fingerprint density at radius 3 is 2.50 bits per heavy atom. The molecular weight excluding hydrogens is 223 g/mol. The van der Waals surface area contributed by atoms with Crippen molar-refractivity contribution in [1.29, 1.82) is 5.26 Å². The molecule has 5 nitrogen and oxygen atoms in total. The predicted octanol–water partition coefficient (Wildman–Crippen LogP) is 0.257. The van der Waals surface area contributed by atoms with E-state index in [1.165, 1.54) is 0 Å². The monoisotopic (exact) mass is 228 g/mol. The fourth-order valence-electron chi connectivity index (χ4n) is 0.327. The Kier molecular flexibility index (Phi) is 4.09. The minimum atomic E-state index is -4.02. The van der Waals surface area contributed by atoms with E-state index in [9.17, 15) is 4.57 Å². The normalized spacial score (nSPS) is 11.5. The maximum absolute atomic E-state index is 10.2. The van der Waals surface area contributed by atoms with Crippen LogP contribution in [0.4, 0.5) is 0 Å². The summed E-state index contributed by atoms with van der Waals surface area (Å²) in [4.78, 5) is 16.7. The molecular formula is C3H6BrN2O3P. The molecule has 0 atom stereocenters. The van der Waals surface area contributed by atoms with E-state index < -0.39 is 13.9 Å². The second kappa shape index (κ2) is 4.06. The topological polar surface area (TPSA) is 84.6 Å². The first-order valence-corrected chi connectivity index (χ1v) is 4.78. The van der Waals surface area contributed by atoms with Crippen molar-refractivity contribution in [3.63, 3.8) is 0 Å². The van der Waals surface area contributed by atoms with Gasteiger partial charge in [-0.25, -0.2) is 3.93 Å². The van der Waals surface area contributed by atoms with E-state index in [2.05, 4.69) is 16.1 Å². The largest absolute Gasteiger partial charge is 0.340 e. The fourth-order valence-corrected chi connectivity index (χ4v) is 1.82. The van der Waals surface area contributed by atoms with Crippen molar-refractivity contribution in [2.24, 2.45) is 0 Å². The first kappa shape index (κ1) is 10.1. The highest BCUT2D eigenvalue weighted by molar-refractivity contribution is 9.07. The summed E-state index contributed by atoms with van der Waals surface area (Å²) in [6.45, 7) is -0.0505. The molecule has 58 valence electrons. The number of hydrogen-bond acceptors (Lipinski definition) is 3. The van der Waals surface area contributed by atoms with Crippen molar-refractivity contribution >= 4 is 23.7 Å². The van der Waals surface area contributed by atoms with Crippen LogP contribution in [0.5, 0.6) is 0 Å². The van der Waals surface area contributed by atoms with Gasteiger partial charge in [0.25, 0.3) is 0 Å². The molecule has 0 aromatic rings. The summed E-state index contributed by atoms with van der Waals surface area (Å²) in [5, 5.41) is 8.06. The zero-order chi connectivity index (χ0) is 8.20. The molecule has 0 saturated heterocycles. The summed E-state index contributed by atoms with van der Waals surface area (Å²) in [5.41, 5.74) is 0. The maximum atomic E-state index is 10.2. The van der Waals surface area contributed by atoms with Gasteiger partial charge in [0.05, 0.1) is 12.6 Å². The van der Waals surface area contributed by atoms with Gasteiger partial charge < -0.3 is 9.79 Å². The van der Waals surface area contributed by atoms with Crippen LogP contribution in [0.15, 0.2) is 0 Å². The average Bonchev–Trinajstić information content (AvgIpc) is 1.59. The standard InChI is InChI=1S/C3H6BrN2O3P/c4-6(2-1-5)3-10(7,8)9/h2-3H2,(H2,7,8,9). The molecule has 0 fully saturated rings. The Balaban J connectivity index is 3.71. The first-order valence-electron chi connectivity index (χ1n) is 2.28. The van der Waals surface area contributed by atoms with E-state index in [1.54, 1.807) is 6.07 Å². The molecule has 7 heteroatoms. The lowest BCUT2D eigenvalue weighted by Crippen LogP contribution is -2.12. The molecule has 0 aliphatic rings. The summed E-state index contributed by atoms with van der Waals surface area (Å²) in [6.07, 6.45) is -0.444. The van der Waals surface area contributed by atoms with Crippen LogP contribution in [-0.4, -0.2) is 26.5 Å². The van der Waals surface area contributed by atoms with E-state index in [0.717, 1.165) is 3.93 Å². The van der Waals surface area contributed by atoms with Gasteiger partial charge in [-0.2, -0.15) is 5.26 Å². The number of hydrogen-bond donors (Lipinski definition) is 2. The minimum Gasteiger partial charge on any atom is -0.324 e. The molecule has 0 aromatic heterocycles. The van der Waals surface area contributed by atoms with Crippen molar-refractivity contribution in [1.82, 2.24) is 3.93 Å². The van der Waals surface area contributed by atoms with Gasteiger partial charge in [0.1, 0.15) is 6.29 Å². The molecule has 0 aliphatic carbocycles. The third kappa shape index (κ3) is 6.20. The quantitative estimate of drug-likeness (QED) is 0.411. The highest BCUT2D eigenvalue weighted by Crippen LogP contribution is 2.35. The van der Waals surface area contributed by atoms with E-state index in [-0.39, 0.29) is 6.54 Å². The van der Waals surface area contributed by atoms with Gasteiger partial charge in [0.15, 0.2) is 0 Å². The zero-order valence-corrected chi connectivity index (χ0v) is 7.42. The van der Waals surface area contributed by atoms with Gasteiger partial charge in [0.2, 0.25) is 0 Å². The van der Waals surface area contributed by atoms with Crippen molar-refractivity contribution in [3.05, 3.63) is 0 Å². The van der Waals surface area contributed by atoms with E-state index >= 15 is 0 Å². The number of halogens is 1. The van der Waals surface area contributed by atoms with Crippen LogP contribution >= 0.6 is 23.7 Å². The fraction of sp³-hybridized carbons (Fsp3) is 0.667. The molecule has 0 bridgehead atoms. The predicted molar refractivity (Wildman–Crippen MR) is 38.2 cm³/mol. The summed E-state index contributed by atoms with van der Waals surface area (Å²) >= 11 is 2.79. The van der Waals surface area contributed by atoms with Crippen LogP contribution in [0.25, 0.3) is 0 Å². The van der Waals surface area contributed by atoms with Gasteiger partial charge >= 0.3 is 7.60 Å². The van der Waals surface area contributed by atoms with Gasteiger partial charge in [-0.3, -0.25) is 4.57 Å². The van der Waals surface area contributed by atoms with Gasteiger partial charge in [-0.05, 0) is 0 Å². The maximum Gasteiger partial charge on any atom is 0.340 e. The summed E-state index contributed by atoms with van der Waals surface area (Å²) in [5.74, 6) is 0. The molecule has 0 saturated carbocycles. The van der Waals surface area contributed by atoms with E-state index in [0.29, 0.717) is 0 Å². The molecule has 10 heavy (non-hydrogen) atoms. The van der Waals surface area contributed by atoms with Crippen molar-refractivity contribution in [3.8, 4) is 6.07 Å². The number of nitrogens with zero attached hydrogens (tertiary/aromatic N) is 2. The Morgan fingerprint density at radius 1 is 1.70 bits per heavy atom. The Hall–Kier alpha value is 0.0800. The molecule has 0 spiro atoms. The Morgan fingerprint density at radius 2 is 2.20 bits per heavy atom. The molecule has 0 rings (SSSR count). The smallest absolute Gasteiger partial charge is 0.324 e. The summed E-state index contributed by atoms with van der Waals surface area (Å²) < 4.78 is 11.3. The van der Waals surface area contributed by atoms with Crippen LogP contribution in [0.2, 0.25) is 0 Å². The van der Waals surface area contributed by atoms with Crippen LogP contribution in [-0.2, 0) is 4.57 Å². The second-order valence-corrected chi connectivity index (χ2v) is 4.20. The molecule has 0 heterocycles. The van der Waals surface area contributed by atoms with Crippen LogP contribution in [0.3, 0.4) is 0 Å². The molecule has 2 N–H and O–H groups in total. The van der Waals surface area contributed by atoms with Gasteiger partial charge in [-0.1, -0.05) is 0 Å². The first-order chi connectivity index (χ1) is 4.45. The van der Waals surface area contributed by atoms with Crippen LogP contribution in [0, 0.1) is 11.3 Å². The summed E-state index contributed by atoms with van der Waals surface area (Å²) in [7, 11) is -4.02. The van der Waals surface area contributed by atoms with Crippen molar-refractivity contribution < 1.29 is 14.4 Å². The van der Waals surface area contributed by atoms with Crippen molar-refractivity contribution in [2.45, 2.75) is 0 Å².